The number of fused-ring (bicyclic) bond motifs is 10. The van der Waals surface area contributed by atoms with Crippen molar-refractivity contribution in [2.75, 3.05) is 0 Å². The molecule has 0 radical (unpaired) electrons. The Kier molecular flexibility index (Phi) is 7.03. The Morgan fingerprint density at radius 3 is 1.74 bits per heavy atom. The van der Waals surface area contributed by atoms with Crippen LogP contribution >= 0.6 is 0 Å². The molecule has 2 atom stereocenters. The van der Waals surface area contributed by atoms with Crippen LogP contribution in [0, 0.1) is 0 Å². The van der Waals surface area contributed by atoms with Gasteiger partial charge in [-0.05, 0) is 65.2 Å². The lowest BCUT2D eigenvalue weighted by molar-refractivity contribution is 0.405. The van der Waals surface area contributed by atoms with Gasteiger partial charge in [-0.3, -0.25) is 9.88 Å². The third kappa shape index (κ3) is 4.91. The van der Waals surface area contributed by atoms with E-state index < -0.39 is 0 Å². The lowest BCUT2D eigenvalue weighted by atomic mass is 10.00. The molecular weight excluding hydrogens is 699 g/mol. The smallest absolute Gasteiger partial charge is 0.206 e. The maximum atomic E-state index is 6.76. The van der Waals surface area contributed by atoms with E-state index in [1.807, 2.05) is 0 Å². The van der Waals surface area contributed by atoms with Crippen LogP contribution in [-0.4, -0.2) is 15.1 Å². The van der Waals surface area contributed by atoms with E-state index >= 15 is 0 Å². The van der Waals surface area contributed by atoms with Crippen molar-refractivity contribution >= 4 is 71.5 Å². The lowest BCUT2D eigenvalue weighted by Gasteiger charge is -2.33. The van der Waals surface area contributed by atoms with Crippen LogP contribution in [0.15, 0.2) is 197 Å². The molecule has 1 aliphatic rings. The van der Waals surface area contributed by atoms with Crippen LogP contribution in [0.2, 0.25) is 0 Å². The summed E-state index contributed by atoms with van der Waals surface area (Å²) >= 11 is 0. The number of nitrogens with zero attached hydrogens (tertiary/aromatic N) is 3. The second kappa shape index (κ2) is 12.6. The van der Waals surface area contributed by atoms with Gasteiger partial charge in [0.2, 0.25) is 5.96 Å². The van der Waals surface area contributed by atoms with Gasteiger partial charge >= 0.3 is 0 Å². The summed E-state index contributed by atoms with van der Waals surface area (Å²) < 4.78 is 11.4. The second-order valence-corrected chi connectivity index (χ2v) is 14.8. The molecule has 0 amide bonds. The van der Waals surface area contributed by atoms with E-state index in [1.165, 1.54) is 32.7 Å². The Labute approximate surface area is 327 Å². The van der Waals surface area contributed by atoms with Gasteiger partial charge in [0, 0.05) is 38.2 Å². The summed E-state index contributed by atoms with van der Waals surface area (Å²) in [6.45, 7) is 0. The third-order valence-electron chi connectivity index (χ3n) is 11.6. The quantitative estimate of drug-likeness (QED) is 0.189. The van der Waals surface area contributed by atoms with E-state index in [2.05, 4.69) is 208 Å². The fourth-order valence-electron chi connectivity index (χ4n) is 9.10. The summed E-state index contributed by atoms with van der Waals surface area (Å²) in [7, 11) is 0. The molecule has 0 spiro atoms. The van der Waals surface area contributed by atoms with Crippen LogP contribution in [0.25, 0.3) is 82.4 Å². The maximum Gasteiger partial charge on any atom is 0.206 e. The van der Waals surface area contributed by atoms with E-state index in [0.717, 1.165) is 66.8 Å². The first-order chi connectivity index (χ1) is 28.3. The van der Waals surface area contributed by atoms with Crippen LogP contribution in [-0.2, 0) is 0 Å². The highest BCUT2D eigenvalue weighted by Crippen LogP contribution is 2.43. The Balaban J connectivity index is 1.10. The number of nitrogens with one attached hydrogen (secondary N) is 2. The van der Waals surface area contributed by atoms with Crippen molar-refractivity contribution in [2.45, 2.75) is 12.3 Å². The van der Waals surface area contributed by atoms with Crippen molar-refractivity contribution in [3.05, 3.63) is 199 Å². The molecule has 270 valence electrons. The van der Waals surface area contributed by atoms with Crippen molar-refractivity contribution < 1.29 is 4.42 Å². The van der Waals surface area contributed by atoms with Crippen molar-refractivity contribution in [2.24, 2.45) is 4.99 Å². The summed E-state index contributed by atoms with van der Waals surface area (Å²) in [4.78, 5) is 5.47. The first-order valence-corrected chi connectivity index (χ1v) is 19.5. The molecule has 57 heavy (non-hydrogen) atoms. The summed E-state index contributed by atoms with van der Waals surface area (Å²) in [6.07, 6.45) is -0.675. The number of aromatic nitrogens is 2. The molecule has 1 aliphatic heterocycles. The highest BCUT2D eigenvalue weighted by atomic mass is 16.3. The van der Waals surface area contributed by atoms with E-state index in [-0.39, 0.29) is 12.3 Å². The zero-order valence-corrected chi connectivity index (χ0v) is 30.8. The Hall–Kier alpha value is -7.41. The fourth-order valence-corrected chi connectivity index (χ4v) is 9.10. The van der Waals surface area contributed by atoms with E-state index in [4.69, 9.17) is 9.41 Å². The predicted octanol–water partition coefficient (Wildman–Crippen LogP) is 12.3. The van der Waals surface area contributed by atoms with Gasteiger partial charge in [0.25, 0.3) is 0 Å². The molecule has 12 rings (SSSR count). The largest absolute Gasteiger partial charge is 0.456 e. The summed E-state index contributed by atoms with van der Waals surface area (Å²) in [5.41, 5.74) is 11.8. The van der Waals surface area contributed by atoms with Crippen molar-refractivity contribution in [1.29, 1.82) is 0 Å². The van der Waals surface area contributed by atoms with E-state index in [0.29, 0.717) is 0 Å². The first kappa shape index (κ1) is 31.9. The average molecular weight is 734 g/mol. The molecule has 4 heterocycles. The van der Waals surface area contributed by atoms with Crippen molar-refractivity contribution in [3.8, 4) is 16.8 Å². The second-order valence-electron chi connectivity index (χ2n) is 14.8. The van der Waals surface area contributed by atoms with Gasteiger partial charge in [-0.1, -0.05) is 140 Å². The molecule has 11 aromatic rings. The Bertz CT molecular complexity index is 3300. The van der Waals surface area contributed by atoms with E-state index in [9.17, 15) is 0 Å². The molecule has 8 aromatic carbocycles. The number of hydrogen-bond donors (Lipinski definition) is 2. The first-order valence-electron chi connectivity index (χ1n) is 19.5. The van der Waals surface area contributed by atoms with Gasteiger partial charge in [0.05, 0.1) is 27.5 Å². The molecule has 0 saturated carbocycles. The molecule has 2 unspecified atom stereocenters. The molecule has 0 aliphatic carbocycles. The van der Waals surface area contributed by atoms with Gasteiger partial charge < -0.3 is 14.3 Å². The topological polar surface area (TPSA) is 59.4 Å². The number of rotatable bonds is 4. The van der Waals surface area contributed by atoms with Crippen molar-refractivity contribution in [1.82, 2.24) is 19.8 Å². The number of aliphatic imine (C=N–C) groups is 1. The normalized spacial score (nSPS) is 15.9. The maximum absolute atomic E-state index is 6.76. The molecule has 6 heteroatoms. The minimum atomic E-state index is -0.347. The van der Waals surface area contributed by atoms with E-state index in [1.54, 1.807) is 0 Å². The van der Waals surface area contributed by atoms with Gasteiger partial charge in [-0.2, -0.15) is 0 Å². The fraction of sp³-hybridized carbons (Fsp3) is 0.0392. The van der Waals surface area contributed by atoms with Crippen LogP contribution in [0.5, 0.6) is 0 Å². The number of para-hydroxylation sites is 4. The highest BCUT2D eigenvalue weighted by molar-refractivity contribution is 6.25. The Morgan fingerprint density at radius 2 is 1.04 bits per heavy atom. The van der Waals surface area contributed by atoms with Gasteiger partial charge in [0.15, 0.2) is 0 Å². The Morgan fingerprint density at radius 1 is 0.456 bits per heavy atom. The molecule has 3 aromatic heterocycles. The zero-order valence-electron chi connectivity index (χ0n) is 30.8. The van der Waals surface area contributed by atoms with Crippen LogP contribution in [0.1, 0.15) is 23.5 Å². The number of benzene rings is 8. The minimum Gasteiger partial charge on any atom is -0.456 e. The van der Waals surface area contributed by atoms with Gasteiger partial charge in [-0.25, -0.2) is 4.99 Å². The van der Waals surface area contributed by atoms with Crippen LogP contribution < -0.4 is 10.6 Å². The van der Waals surface area contributed by atoms with Gasteiger partial charge in [0.1, 0.15) is 23.5 Å². The molecule has 0 bridgehead atoms. The van der Waals surface area contributed by atoms with Crippen LogP contribution in [0.3, 0.4) is 0 Å². The average Bonchev–Trinajstić information content (AvgIpc) is 3.95. The molecule has 0 saturated heterocycles. The molecule has 6 nitrogen and oxygen atoms in total. The highest BCUT2D eigenvalue weighted by Gasteiger charge is 2.30. The monoisotopic (exact) mass is 733 g/mol. The summed E-state index contributed by atoms with van der Waals surface area (Å²) in [5.74, 6) is 0.779. The summed E-state index contributed by atoms with van der Waals surface area (Å²) in [6, 6.07) is 66.6. The lowest BCUT2D eigenvalue weighted by Crippen LogP contribution is -2.47. The van der Waals surface area contributed by atoms with Crippen LogP contribution in [0.4, 0.5) is 0 Å². The number of hydrogen-bond acceptors (Lipinski definition) is 4. The standard InChI is InChI=1S/C51H35N5O/c1-3-14-32(15-4-1)33-26-28-34(29-27-33)49-52-50(54-51(53-49)56-42-23-11-7-18-36(42)37-19-8-12-24-43(37)56)40-21-13-25-44-46(40)47-45(57-44)31-30-39-38-20-9-10-22-41(38)55(48(39)47)35-16-5-2-6-17-35/h1-31,49-50,52H,(H,53,54). The molecule has 2 N–H and O–H groups in total. The minimum absolute atomic E-state index is 0.328. The predicted molar refractivity (Wildman–Crippen MR) is 234 cm³/mol. The molecule has 0 fully saturated rings. The number of furan rings is 1. The zero-order chi connectivity index (χ0) is 37.5. The van der Waals surface area contributed by atoms with Crippen molar-refractivity contribution in [3.63, 3.8) is 0 Å². The third-order valence-corrected chi connectivity index (χ3v) is 11.6. The SMILES string of the molecule is c1ccc(-c2ccc(C3N=C(n4c5ccccc5c5ccccc54)NC(c4cccc5oc6ccc7c8ccccc8n(-c8ccccc8)c7c6c45)N3)cc2)cc1. The van der Waals surface area contributed by atoms with Gasteiger partial charge in [-0.15, -0.1) is 0 Å². The summed E-state index contributed by atoms with van der Waals surface area (Å²) in [5, 5.41) is 14.8. The molecular formula is C51H35N5O.